The van der Waals surface area contributed by atoms with Crippen molar-refractivity contribution in [2.24, 2.45) is 11.8 Å². The summed E-state index contributed by atoms with van der Waals surface area (Å²) in [5, 5.41) is 4.13. The number of hydrogen-bond donors (Lipinski definition) is 4. The number of hydrogen-bond acceptors (Lipinski definition) is 6. The van der Waals surface area contributed by atoms with Crippen LogP contribution >= 0.6 is 0 Å². The molecular formula is C34H36N4O6. The highest BCUT2D eigenvalue weighted by Gasteiger charge is 2.31. The second kappa shape index (κ2) is 13.9. The van der Waals surface area contributed by atoms with Crippen LogP contribution in [0.4, 0.5) is 0 Å². The molecule has 2 unspecified atom stereocenters. The zero-order chi connectivity index (χ0) is 31.1. The minimum atomic E-state index is -0.827. The van der Waals surface area contributed by atoms with Crippen molar-refractivity contribution < 1.29 is 28.7 Å². The zero-order valence-electron chi connectivity index (χ0n) is 24.7. The van der Waals surface area contributed by atoms with Crippen LogP contribution < -0.4 is 31.2 Å². The highest BCUT2D eigenvalue weighted by Crippen LogP contribution is 2.29. The Hall–Kier alpha value is -5.12. The first-order chi connectivity index (χ1) is 21.3. The molecule has 1 aliphatic carbocycles. The second-order valence-electron chi connectivity index (χ2n) is 11.0. The molecule has 1 saturated carbocycles. The Balaban J connectivity index is 0.999. The summed E-state index contributed by atoms with van der Waals surface area (Å²) in [6.45, 7) is 3.21. The Morgan fingerprint density at radius 1 is 0.545 bits per heavy atom. The van der Waals surface area contributed by atoms with E-state index in [0.717, 1.165) is 21.5 Å². The van der Waals surface area contributed by atoms with Crippen molar-refractivity contribution in [1.82, 2.24) is 21.7 Å². The van der Waals surface area contributed by atoms with Gasteiger partial charge in [0, 0.05) is 11.8 Å². The van der Waals surface area contributed by atoms with E-state index in [1.165, 1.54) is 0 Å². The Morgan fingerprint density at radius 2 is 0.909 bits per heavy atom. The molecular weight excluding hydrogens is 560 g/mol. The van der Waals surface area contributed by atoms with E-state index in [1.807, 2.05) is 72.8 Å². The highest BCUT2D eigenvalue weighted by atomic mass is 16.5. The molecule has 1 fully saturated rings. The van der Waals surface area contributed by atoms with Crippen LogP contribution in [0, 0.1) is 11.8 Å². The summed E-state index contributed by atoms with van der Waals surface area (Å²) >= 11 is 0. The number of carbonyl (C=O) groups excluding carboxylic acids is 4. The smallest absolute Gasteiger partial charge is 0.279 e. The van der Waals surface area contributed by atoms with Gasteiger partial charge in [0.15, 0.2) is 12.2 Å². The van der Waals surface area contributed by atoms with Crippen LogP contribution in [0.25, 0.3) is 21.5 Å². The topological polar surface area (TPSA) is 135 Å². The lowest BCUT2D eigenvalue weighted by molar-refractivity contribution is -0.136. The first kappa shape index (κ1) is 30.3. The molecule has 1 aliphatic rings. The molecule has 0 saturated heterocycles. The van der Waals surface area contributed by atoms with E-state index < -0.39 is 24.0 Å². The minimum absolute atomic E-state index is 0.317. The van der Waals surface area contributed by atoms with Gasteiger partial charge in [-0.2, -0.15) is 0 Å². The molecule has 4 amide bonds. The van der Waals surface area contributed by atoms with Gasteiger partial charge in [-0.15, -0.1) is 0 Å². The van der Waals surface area contributed by atoms with Gasteiger partial charge < -0.3 is 9.47 Å². The van der Waals surface area contributed by atoms with Gasteiger partial charge in [0.05, 0.1) is 0 Å². The van der Waals surface area contributed by atoms with E-state index in [-0.39, 0.29) is 23.7 Å². The summed E-state index contributed by atoms with van der Waals surface area (Å²) < 4.78 is 11.5. The van der Waals surface area contributed by atoms with Crippen molar-refractivity contribution in [3.05, 3.63) is 84.9 Å². The number of hydrazine groups is 2. The molecule has 0 heterocycles. The molecule has 0 bridgehead atoms. The molecule has 2 atom stereocenters. The molecule has 5 rings (SSSR count). The Bertz CT molecular complexity index is 1540. The molecule has 4 N–H and O–H groups in total. The van der Waals surface area contributed by atoms with Crippen molar-refractivity contribution in [2.45, 2.75) is 51.7 Å². The molecule has 0 aliphatic heterocycles. The predicted molar refractivity (Wildman–Crippen MR) is 166 cm³/mol. The zero-order valence-corrected chi connectivity index (χ0v) is 24.7. The standard InChI is InChI=1S/C34H36N4O6/c1-21(43-29-17-15-23-7-3-5-9-27(23)19-29)31(39)35-37-33(41)25-11-13-26(14-12-25)34(42)38-36-32(40)22(2)44-30-18-16-24-8-4-6-10-28(24)20-30/h3-10,15-22,25-26H,11-14H2,1-2H3,(H,35,39)(H,36,40)(H,37,41)(H,38,42). The average Bonchev–Trinajstić information content (AvgIpc) is 3.05. The summed E-state index contributed by atoms with van der Waals surface area (Å²) in [4.78, 5) is 50.4. The van der Waals surface area contributed by atoms with Crippen molar-refractivity contribution >= 4 is 45.2 Å². The quantitative estimate of drug-likeness (QED) is 0.224. The van der Waals surface area contributed by atoms with Gasteiger partial charge in [-0.25, -0.2) is 0 Å². The second-order valence-corrected chi connectivity index (χ2v) is 11.0. The van der Waals surface area contributed by atoms with Crippen LogP contribution in [0.2, 0.25) is 0 Å². The van der Waals surface area contributed by atoms with Crippen LogP contribution in [0.15, 0.2) is 84.9 Å². The van der Waals surface area contributed by atoms with Gasteiger partial charge in [0.25, 0.3) is 11.8 Å². The lowest BCUT2D eigenvalue weighted by Crippen LogP contribution is -2.51. The van der Waals surface area contributed by atoms with Gasteiger partial charge in [-0.05, 0) is 85.3 Å². The van der Waals surface area contributed by atoms with Crippen LogP contribution in [0.3, 0.4) is 0 Å². The number of carbonyl (C=O) groups is 4. The number of nitrogens with one attached hydrogen (secondary N) is 4. The maximum Gasteiger partial charge on any atom is 0.279 e. The Kier molecular flexibility index (Phi) is 9.59. The molecule has 10 heteroatoms. The highest BCUT2D eigenvalue weighted by molar-refractivity contribution is 5.88. The Labute approximate surface area is 255 Å². The van der Waals surface area contributed by atoms with Gasteiger partial charge >= 0.3 is 0 Å². The predicted octanol–water partition coefficient (Wildman–Crippen LogP) is 4.33. The van der Waals surface area contributed by atoms with E-state index in [0.29, 0.717) is 37.2 Å². The minimum Gasteiger partial charge on any atom is -0.481 e. The van der Waals surface area contributed by atoms with Crippen molar-refractivity contribution in [3.8, 4) is 11.5 Å². The number of amides is 4. The first-order valence-corrected chi connectivity index (χ1v) is 14.8. The molecule has 4 aromatic carbocycles. The number of ether oxygens (including phenoxy) is 2. The fraction of sp³-hybridized carbons (Fsp3) is 0.294. The third kappa shape index (κ3) is 7.63. The van der Waals surface area contributed by atoms with Crippen LogP contribution in [0.5, 0.6) is 11.5 Å². The molecule has 44 heavy (non-hydrogen) atoms. The maximum absolute atomic E-state index is 12.7. The van der Waals surface area contributed by atoms with E-state index in [1.54, 1.807) is 26.0 Å². The Morgan fingerprint density at radius 3 is 1.30 bits per heavy atom. The number of benzene rings is 4. The molecule has 228 valence electrons. The summed E-state index contributed by atoms with van der Waals surface area (Å²) in [7, 11) is 0. The van der Waals surface area contributed by atoms with E-state index in [9.17, 15) is 19.2 Å². The third-order valence-corrected chi connectivity index (χ3v) is 7.89. The molecule has 4 aromatic rings. The largest absolute Gasteiger partial charge is 0.481 e. The summed E-state index contributed by atoms with van der Waals surface area (Å²) in [5.74, 6) is -1.17. The average molecular weight is 597 g/mol. The summed E-state index contributed by atoms with van der Waals surface area (Å²) in [5.41, 5.74) is 9.85. The third-order valence-electron chi connectivity index (χ3n) is 7.89. The normalized spacial score (nSPS) is 17.6. The van der Waals surface area contributed by atoms with Crippen LogP contribution in [-0.2, 0) is 19.2 Å². The van der Waals surface area contributed by atoms with Crippen LogP contribution in [0.1, 0.15) is 39.5 Å². The SMILES string of the molecule is CC(Oc1ccc2ccccc2c1)C(=O)NNC(=O)C1CCC(C(=O)NNC(=O)C(C)Oc2ccc3ccccc3c2)CC1. The fourth-order valence-electron chi connectivity index (χ4n) is 5.27. The summed E-state index contributed by atoms with van der Waals surface area (Å²) in [6, 6.07) is 26.8. The monoisotopic (exact) mass is 596 g/mol. The lowest BCUT2D eigenvalue weighted by Gasteiger charge is -2.27. The maximum atomic E-state index is 12.7. The van der Waals surface area contributed by atoms with Gasteiger partial charge in [-0.1, -0.05) is 60.7 Å². The molecule has 0 spiro atoms. The number of rotatable bonds is 8. The van der Waals surface area contributed by atoms with E-state index in [4.69, 9.17) is 9.47 Å². The van der Waals surface area contributed by atoms with Gasteiger partial charge in [0.1, 0.15) is 11.5 Å². The molecule has 0 radical (unpaired) electrons. The summed E-state index contributed by atoms with van der Waals surface area (Å²) in [6.07, 6.45) is 0.228. The van der Waals surface area contributed by atoms with Gasteiger partial charge in [-0.3, -0.25) is 40.9 Å². The van der Waals surface area contributed by atoms with Crippen molar-refractivity contribution in [1.29, 1.82) is 0 Å². The van der Waals surface area contributed by atoms with Crippen LogP contribution in [-0.4, -0.2) is 35.8 Å². The van der Waals surface area contributed by atoms with Crippen molar-refractivity contribution in [2.75, 3.05) is 0 Å². The first-order valence-electron chi connectivity index (χ1n) is 14.8. The van der Waals surface area contributed by atoms with E-state index in [2.05, 4.69) is 21.7 Å². The van der Waals surface area contributed by atoms with Gasteiger partial charge in [0.2, 0.25) is 11.8 Å². The van der Waals surface area contributed by atoms with Crippen molar-refractivity contribution in [3.63, 3.8) is 0 Å². The number of fused-ring (bicyclic) bond motifs is 2. The fourth-order valence-corrected chi connectivity index (χ4v) is 5.27. The molecule has 0 aromatic heterocycles. The van der Waals surface area contributed by atoms with E-state index >= 15 is 0 Å². The molecule has 10 nitrogen and oxygen atoms in total. The lowest BCUT2D eigenvalue weighted by atomic mass is 9.81.